The number of aliphatic hydroxyl groups excluding tert-OH is 1. The Bertz CT molecular complexity index is 1940. The van der Waals surface area contributed by atoms with Gasteiger partial charge in [0.25, 0.3) is 11.7 Å². The molecule has 1 amide bonds. The number of carbonyl (C=O) groups is 5. The average Bonchev–Trinajstić information content (AvgIpc) is 3.30. The van der Waals surface area contributed by atoms with Crippen molar-refractivity contribution in [3.63, 3.8) is 0 Å². The summed E-state index contributed by atoms with van der Waals surface area (Å²) in [6.07, 6.45) is 11.4. The molecule has 2 unspecified atom stereocenters. The first-order chi connectivity index (χ1) is 32.4. The number of rotatable bonds is 8. The quantitative estimate of drug-likeness (QED) is 0.104. The van der Waals surface area contributed by atoms with E-state index in [1.54, 1.807) is 54.4 Å². The Morgan fingerprint density at radius 1 is 0.855 bits per heavy atom. The summed E-state index contributed by atoms with van der Waals surface area (Å²) in [7, 11) is 1.76. The lowest BCUT2D eigenvalue weighted by atomic mass is 9.78. The maximum absolute atomic E-state index is 14.5. The Morgan fingerprint density at radius 2 is 1.57 bits per heavy atom. The van der Waals surface area contributed by atoms with Gasteiger partial charge in [0.15, 0.2) is 13.2 Å². The number of methoxy groups -OCH3 is 3. The lowest BCUT2D eigenvalue weighted by molar-refractivity contribution is -0.265. The van der Waals surface area contributed by atoms with Gasteiger partial charge in [-0.05, 0) is 107 Å². The van der Waals surface area contributed by atoms with Crippen LogP contribution in [0.15, 0.2) is 47.6 Å². The molecule has 4 rings (SSSR count). The number of hydrogen-bond acceptors (Lipinski definition) is 14. The Hall–Kier alpha value is -3.14. The van der Waals surface area contributed by atoms with Gasteiger partial charge in [-0.1, -0.05) is 71.1 Å². The number of allylic oxidation sites excluding steroid dienone is 6. The van der Waals surface area contributed by atoms with E-state index in [2.05, 4.69) is 0 Å². The van der Waals surface area contributed by atoms with Crippen molar-refractivity contribution >= 4 is 36.6 Å². The molecule has 3 fully saturated rings. The molecule has 3 aliphatic heterocycles. The largest absolute Gasteiger partial charge is 0.460 e. The van der Waals surface area contributed by atoms with Crippen molar-refractivity contribution in [1.29, 1.82) is 0 Å². The number of nitrogens with zero attached hydrogens (tertiary/aromatic N) is 1. The Balaban J connectivity index is 1.70. The van der Waals surface area contributed by atoms with Crippen LogP contribution >= 0.6 is 7.37 Å². The highest BCUT2D eigenvalue weighted by atomic mass is 31.2. The van der Waals surface area contributed by atoms with E-state index in [0.717, 1.165) is 12.0 Å². The lowest BCUT2D eigenvalue weighted by Crippen LogP contribution is -2.61. The second-order valence-corrected chi connectivity index (χ2v) is 23.6. The van der Waals surface area contributed by atoms with Crippen molar-refractivity contribution in [3.8, 4) is 0 Å². The summed E-state index contributed by atoms with van der Waals surface area (Å²) in [5.74, 6) is -8.11. The van der Waals surface area contributed by atoms with E-state index in [0.29, 0.717) is 63.4 Å². The third kappa shape index (κ3) is 16.2. The standard InChI is InChI=1S/C53H84NO14P/c1-32-18-14-13-15-19-33(2)44(63-8)30-40-23-21-38(7)53(61,67-40)50(58)51(59)54-25-17-16-20-41(54)52(60)66-45(35(4)28-39-22-24-43(46(29-39)64-9)68-69(11,12)62)31-42(55)34(3)27-37(6)48(57)49(65-10)47(56)36(5)26-32/h13-15,18-19,27,32,34-36,38-41,43-46,48-49,57,61H,16-17,20-26,28-31H2,1-12H3/b15-13-,18-14-,33-19-,37-27+/t32-,34+,35-,36-,38?,39+,40?,41+,43-,44+,45+,46-,48-,49+,53-/m1/s1. The van der Waals surface area contributed by atoms with Gasteiger partial charge in [0.2, 0.25) is 5.79 Å². The number of esters is 1. The Morgan fingerprint density at radius 3 is 2.22 bits per heavy atom. The molecule has 0 spiro atoms. The number of carbonyl (C=O) groups excluding carboxylic acids is 5. The zero-order valence-corrected chi connectivity index (χ0v) is 44.3. The van der Waals surface area contributed by atoms with E-state index in [1.807, 2.05) is 58.1 Å². The highest BCUT2D eigenvalue weighted by Crippen LogP contribution is 2.45. The minimum Gasteiger partial charge on any atom is -0.460 e. The zero-order valence-electron chi connectivity index (χ0n) is 43.4. The third-order valence-corrected chi connectivity index (χ3v) is 15.6. The molecule has 3 heterocycles. The topological polar surface area (TPSA) is 201 Å². The van der Waals surface area contributed by atoms with Crippen LogP contribution in [0.25, 0.3) is 0 Å². The normalized spacial score (nSPS) is 39.0. The first kappa shape index (κ1) is 58.4. The summed E-state index contributed by atoms with van der Waals surface area (Å²) in [5, 5.41) is 23.5. The van der Waals surface area contributed by atoms with Crippen LogP contribution in [0, 0.1) is 35.5 Å². The predicted octanol–water partition coefficient (Wildman–Crippen LogP) is 7.74. The maximum atomic E-state index is 14.5. The monoisotopic (exact) mass is 990 g/mol. The molecular formula is C53H84NO14P. The van der Waals surface area contributed by atoms with Crippen molar-refractivity contribution in [1.82, 2.24) is 4.90 Å². The first-order valence-corrected chi connectivity index (χ1v) is 27.7. The van der Waals surface area contributed by atoms with Crippen LogP contribution < -0.4 is 0 Å². The van der Waals surface area contributed by atoms with Gasteiger partial charge in [-0.15, -0.1) is 0 Å². The first-order valence-electron chi connectivity index (χ1n) is 25.2. The van der Waals surface area contributed by atoms with E-state index in [-0.39, 0.29) is 60.9 Å². The predicted molar refractivity (Wildman–Crippen MR) is 263 cm³/mol. The molecular weight excluding hydrogens is 906 g/mol. The molecule has 0 aromatic heterocycles. The second-order valence-electron chi connectivity index (χ2n) is 20.9. The van der Waals surface area contributed by atoms with E-state index in [1.165, 1.54) is 12.0 Å². The fourth-order valence-corrected chi connectivity index (χ4v) is 11.4. The lowest BCUT2D eigenvalue weighted by Gasteiger charge is -2.42. The number of hydrogen-bond donors (Lipinski definition) is 2. The number of piperidine rings is 1. The van der Waals surface area contributed by atoms with Gasteiger partial charge < -0.3 is 43.3 Å². The summed E-state index contributed by atoms with van der Waals surface area (Å²) < 4.78 is 48.2. The van der Waals surface area contributed by atoms with Crippen LogP contribution in [0.4, 0.5) is 0 Å². The summed E-state index contributed by atoms with van der Waals surface area (Å²) >= 11 is 0. The molecule has 1 aliphatic carbocycles. The van der Waals surface area contributed by atoms with Crippen LogP contribution in [-0.4, -0.2) is 140 Å². The average molecular weight is 990 g/mol. The molecule has 69 heavy (non-hydrogen) atoms. The SMILES string of the molecule is CO[C@H]1CC2CCC(C)[C@@](O)(O2)C(=O)C(=O)N2CCCC[C@H]2C(=O)O[C@H]([C@H](C)C[C@@H]2CC[C@@H](OP(C)(C)=O)[C@H](OC)C2)CC(=O)[C@@H](C)/C=C(\C)[C@@H](O)[C@@H](OC)C(=O)[C@H](C)C[C@H](C)\C=C/C=C\C=C/1C. The minimum atomic E-state index is -2.79. The van der Waals surface area contributed by atoms with Crippen LogP contribution in [0.1, 0.15) is 126 Å². The summed E-state index contributed by atoms with van der Waals surface area (Å²) in [4.78, 5) is 72.2. The molecule has 4 aliphatic rings. The molecule has 0 aromatic carbocycles. The number of amides is 1. The zero-order chi connectivity index (χ0) is 51.4. The third-order valence-electron chi connectivity index (χ3n) is 14.8. The van der Waals surface area contributed by atoms with Crippen LogP contribution in [0.2, 0.25) is 0 Å². The molecule has 2 bridgehead atoms. The number of aliphatic hydroxyl groups is 2. The van der Waals surface area contributed by atoms with Gasteiger partial charge in [0, 0.05) is 71.8 Å². The molecule has 2 N–H and O–H groups in total. The molecule has 0 radical (unpaired) electrons. The van der Waals surface area contributed by atoms with Gasteiger partial charge in [0.1, 0.15) is 30.1 Å². The van der Waals surface area contributed by atoms with Gasteiger partial charge >= 0.3 is 5.97 Å². The molecule has 390 valence electrons. The van der Waals surface area contributed by atoms with Gasteiger partial charge in [0.05, 0.1) is 24.4 Å². The highest BCUT2D eigenvalue weighted by Gasteiger charge is 2.53. The van der Waals surface area contributed by atoms with Crippen molar-refractivity contribution < 1.29 is 67.0 Å². The van der Waals surface area contributed by atoms with Crippen LogP contribution in [-0.2, 0) is 56.7 Å². The Labute approximate surface area is 411 Å². The van der Waals surface area contributed by atoms with Crippen molar-refractivity contribution in [2.45, 2.75) is 180 Å². The number of ketones is 3. The molecule has 15 atom stereocenters. The van der Waals surface area contributed by atoms with Gasteiger partial charge in [-0.3, -0.25) is 23.7 Å². The molecule has 16 heteroatoms. The number of Topliss-reactive ketones (excluding diaryl/α,β-unsaturated/α-hetero) is 3. The van der Waals surface area contributed by atoms with Gasteiger partial charge in [-0.25, -0.2) is 4.79 Å². The number of ether oxygens (including phenoxy) is 5. The molecule has 0 aromatic rings. The van der Waals surface area contributed by atoms with Crippen molar-refractivity contribution in [3.05, 3.63) is 47.6 Å². The van der Waals surface area contributed by atoms with Crippen molar-refractivity contribution in [2.75, 3.05) is 41.2 Å². The number of fused-ring (bicyclic) bond motifs is 3. The van der Waals surface area contributed by atoms with Crippen molar-refractivity contribution in [2.24, 2.45) is 35.5 Å². The molecule has 2 saturated heterocycles. The van der Waals surface area contributed by atoms with E-state index in [9.17, 15) is 38.8 Å². The Kier molecular flexibility index (Phi) is 22.5. The van der Waals surface area contributed by atoms with Crippen LogP contribution in [0.3, 0.4) is 0 Å². The van der Waals surface area contributed by atoms with E-state index < -0.39 is 85.1 Å². The fraction of sp³-hybridized carbons (Fsp3) is 0.755. The van der Waals surface area contributed by atoms with E-state index >= 15 is 0 Å². The van der Waals surface area contributed by atoms with Crippen LogP contribution in [0.5, 0.6) is 0 Å². The second kappa shape index (κ2) is 26.5. The fourth-order valence-electron chi connectivity index (χ4n) is 10.5. The molecule has 15 nitrogen and oxygen atoms in total. The smallest absolute Gasteiger partial charge is 0.329 e. The summed E-state index contributed by atoms with van der Waals surface area (Å²) in [6, 6.07) is -1.16. The maximum Gasteiger partial charge on any atom is 0.329 e. The summed E-state index contributed by atoms with van der Waals surface area (Å²) in [6.45, 7) is 15.9. The molecule has 1 saturated carbocycles. The van der Waals surface area contributed by atoms with E-state index in [4.69, 9.17) is 28.2 Å². The summed E-state index contributed by atoms with van der Waals surface area (Å²) in [5.41, 5.74) is 1.25. The highest BCUT2D eigenvalue weighted by molar-refractivity contribution is 7.57. The number of cyclic esters (lactones) is 1. The minimum absolute atomic E-state index is 0.0117. The van der Waals surface area contributed by atoms with Gasteiger partial charge in [-0.2, -0.15) is 0 Å².